The predicted octanol–water partition coefficient (Wildman–Crippen LogP) is 3.89. The summed E-state index contributed by atoms with van der Waals surface area (Å²) in [5.74, 6) is 2.36. The Bertz CT molecular complexity index is 808. The van der Waals surface area contributed by atoms with Gasteiger partial charge in [0.05, 0.1) is 0 Å². The molecule has 0 aliphatic carbocycles. The Hall–Kier alpha value is -1.78. The zero-order valence-electron chi connectivity index (χ0n) is 15.5. The van der Waals surface area contributed by atoms with Crippen LogP contribution in [0.25, 0.3) is 0 Å². The van der Waals surface area contributed by atoms with Crippen LogP contribution in [0.15, 0.2) is 47.4 Å². The van der Waals surface area contributed by atoms with Crippen molar-refractivity contribution in [1.29, 1.82) is 0 Å². The van der Waals surface area contributed by atoms with Gasteiger partial charge in [-0.3, -0.25) is 4.79 Å². The average Bonchev–Trinajstić information content (AvgIpc) is 3.22. The summed E-state index contributed by atoms with van der Waals surface area (Å²) in [7, 11) is 0. The van der Waals surface area contributed by atoms with Gasteiger partial charge in [0.2, 0.25) is 0 Å². The molecule has 0 spiro atoms. The summed E-state index contributed by atoms with van der Waals surface area (Å²) < 4.78 is 0. The molecule has 136 valence electrons. The third-order valence-electron chi connectivity index (χ3n) is 5.58. The van der Waals surface area contributed by atoms with Crippen molar-refractivity contribution in [3.8, 4) is 0 Å². The lowest BCUT2D eigenvalue weighted by Gasteiger charge is -2.18. The second-order valence-electron chi connectivity index (χ2n) is 7.65. The molecule has 2 atom stereocenters. The van der Waals surface area contributed by atoms with Gasteiger partial charge in [0.25, 0.3) is 5.91 Å². The van der Waals surface area contributed by atoms with Gasteiger partial charge in [0, 0.05) is 42.4 Å². The van der Waals surface area contributed by atoms with Crippen molar-refractivity contribution in [3.05, 3.63) is 64.7 Å². The normalized spacial score (nSPS) is 21.8. The highest BCUT2D eigenvalue weighted by Crippen LogP contribution is 2.29. The van der Waals surface area contributed by atoms with E-state index in [0.717, 1.165) is 37.5 Å². The first-order valence-corrected chi connectivity index (χ1v) is 10.4. The lowest BCUT2D eigenvalue weighted by Crippen LogP contribution is -2.31. The summed E-state index contributed by atoms with van der Waals surface area (Å²) in [6.45, 7) is 8.20. The average molecular weight is 367 g/mol. The summed E-state index contributed by atoms with van der Waals surface area (Å²) in [6, 6.07) is 14.8. The topological polar surface area (TPSA) is 32.3 Å². The molecule has 0 radical (unpaired) electrons. The monoisotopic (exact) mass is 366 g/mol. The Kier molecular flexibility index (Phi) is 5.05. The van der Waals surface area contributed by atoms with Crippen LogP contribution < -0.4 is 5.32 Å². The van der Waals surface area contributed by atoms with E-state index in [9.17, 15) is 4.79 Å². The molecule has 0 bridgehead atoms. The minimum absolute atomic E-state index is 0.192. The Morgan fingerprint density at radius 1 is 1.12 bits per heavy atom. The number of thioether (sulfide) groups is 1. The fourth-order valence-electron chi connectivity index (χ4n) is 4.12. The van der Waals surface area contributed by atoms with Crippen LogP contribution in [-0.4, -0.2) is 37.0 Å². The molecule has 1 amide bonds. The Morgan fingerprint density at radius 3 is 2.62 bits per heavy atom. The first kappa shape index (κ1) is 17.6. The number of nitrogens with zero attached hydrogens (tertiary/aromatic N) is 1. The van der Waals surface area contributed by atoms with E-state index in [1.54, 1.807) is 0 Å². The zero-order valence-corrected chi connectivity index (χ0v) is 16.3. The fourth-order valence-corrected chi connectivity index (χ4v) is 5.07. The maximum atomic E-state index is 12.9. The molecule has 2 aromatic carbocycles. The number of amides is 1. The number of benzene rings is 2. The van der Waals surface area contributed by atoms with Gasteiger partial charge >= 0.3 is 0 Å². The van der Waals surface area contributed by atoms with Gasteiger partial charge in [-0.05, 0) is 55.0 Å². The molecule has 2 aromatic rings. The molecule has 4 heteroatoms. The van der Waals surface area contributed by atoms with Gasteiger partial charge in [0.1, 0.15) is 0 Å². The van der Waals surface area contributed by atoms with Crippen LogP contribution in [0.5, 0.6) is 0 Å². The first-order chi connectivity index (χ1) is 12.6. The van der Waals surface area contributed by atoms with Crippen LogP contribution in [0.3, 0.4) is 0 Å². The third-order valence-corrected chi connectivity index (χ3v) is 6.82. The Balaban J connectivity index is 1.42. The van der Waals surface area contributed by atoms with Crippen LogP contribution in [0.2, 0.25) is 0 Å². The summed E-state index contributed by atoms with van der Waals surface area (Å²) in [5.41, 5.74) is 4.66. The standard InChI is InChI=1S/C22H26N2OS/c1-15-6-7-21(16(2)8-15)26-14-17-4-3-5-18(9-17)22(25)24-12-19-10-23-11-20(19)13-24/h3-9,19-20,23H,10-14H2,1-2H3/t19-,20+. The molecule has 2 aliphatic rings. The SMILES string of the molecule is Cc1ccc(SCc2cccc(C(=O)N3C[C@H]4CNC[C@H]4C3)c2)c(C)c1. The van der Waals surface area contributed by atoms with E-state index in [4.69, 9.17) is 0 Å². The largest absolute Gasteiger partial charge is 0.338 e. The highest BCUT2D eigenvalue weighted by atomic mass is 32.2. The number of nitrogens with one attached hydrogen (secondary N) is 1. The number of rotatable bonds is 4. The summed E-state index contributed by atoms with van der Waals surface area (Å²) >= 11 is 1.84. The van der Waals surface area contributed by atoms with Gasteiger partial charge in [-0.1, -0.05) is 29.8 Å². The van der Waals surface area contributed by atoms with Crippen LogP contribution in [-0.2, 0) is 5.75 Å². The van der Waals surface area contributed by atoms with E-state index in [0.29, 0.717) is 11.8 Å². The Morgan fingerprint density at radius 2 is 1.88 bits per heavy atom. The molecule has 2 saturated heterocycles. The van der Waals surface area contributed by atoms with E-state index in [1.807, 2.05) is 28.8 Å². The Labute approximate surface area is 160 Å². The highest BCUT2D eigenvalue weighted by Gasteiger charge is 2.38. The first-order valence-electron chi connectivity index (χ1n) is 9.39. The van der Waals surface area contributed by atoms with Crippen molar-refractivity contribution in [3.63, 3.8) is 0 Å². The van der Waals surface area contributed by atoms with E-state index < -0.39 is 0 Å². The summed E-state index contributed by atoms with van der Waals surface area (Å²) in [6.07, 6.45) is 0. The highest BCUT2D eigenvalue weighted by molar-refractivity contribution is 7.98. The molecule has 0 aromatic heterocycles. The van der Waals surface area contributed by atoms with Gasteiger partial charge < -0.3 is 10.2 Å². The van der Waals surface area contributed by atoms with E-state index in [1.165, 1.54) is 21.6 Å². The zero-order chi connectivity index (χ0) is 18.1. The molecule has 0 unspecified atom stereocenters. The molecule has 2 fully saturated rings. The number of carbonyl (C=O) groups excluding carboxylic acids is 1. The minimum atomic E-state index is 0.192. The quantitative estimate of drug-likeness (QED) is 0.833. The molecule has 26 heavy (non-hydrogen) atoms. The van der Waals surface area contributed by atoms with Crippen molar-refractivity contribution < 1.29 is 4.79 Å². The number of hydrogen-bond donors (Lipinski definition) is 1. The lowest BCUT2D eigenvalue weighted by molar-refractivity contribution is 0.0781. The second kappa shape index (κ2) is 7.45. The maximum absolute atomic E-state index is 12.9. The van der Waals surface area contributed by atoms with Gasteiger partial charge in [-0.2, -0.15) is 0 Å². The molecule has 2 heterocycles. The molecule has 1 N–H and O–H groups in total. The van der Waals surface area contributed by atoms with E-state index in [2.05, 4.69) is 49.5 Å². The van der Waals surface area contributed by atoms with Crippen molar-refractivity contribution in [1.82, 2.24) is 10.2 Å². The number of carbonyl (C=O) groups is 1. The number of hydrogen-bond acceptors (Lipinski definition) is 3. The van der Waals surface area contributed by atoms with Crippen LogP contribution in [0.4, 0.5) is 0 Å². The molecule has 4 rings (SSSR count). The van der Waals surface area contributed by atoms with Gasteiger partial charge in [-0.25, -0.2) is 0 Å². The van der Waals surface area contributed by atoms with Crippen molar-refractivity contribution >= 4 is 17.7 Å². The number of aryl methyl sites for hydroxylation is 2. The van der Waals surface area contributed by atoms with Gasteiger partial charge in [-0.15, -0.1) is 11.8 Å². The molecular weight excluding hydrogens is 340 g/mol. The number of fused-ring (bicyclic) bond motifs is 1. The summed E-state index contributed by atoms with van der Waals surface area (Å²) in [5, 5.41) is 3.43. The van der Waals surface area contributed by atoms with Crippen LogP contribution >= 0.6 is 11.8 Å². The van der Waals surface area contributed by atoms with Gasteiger partial charge in [0.15, 0.2) is 0 Å². The summed E-state index contributed by atoms with van der Waals surface area (Å²) in [4.78, 5) is 16.3. The van der Waals surface area contributed by atoms with E-state index >= 15 is 0 Å². The molecule has 2 aliphatic heterocycles. The second-order valence-corrected chi connectivity index (χ2v) is 8.66. The van der Waals surface area contributed by atoms with E-state index in [-0.39, 0.29) is 5.91 Å². The van der Waals surface area contributed by atoms with Crippen molar-refractivity contribution in [2.24, 2.45) is 11.8 Å². The maximum Gasteiger partial charge on any atom is 0.253 e. The van der Waals surface area contributed by atoms with Crippen LogP contribution in [0.1, 0.15) is 27.0 Å². The van der Waals surface area contributed by atoms with Crippen molar-refractivity contribution in [2.75, 3.05) is 26.2 Å². The smallest absolute Gasteiger partial charge is 0.253 e. The fraction of sp³-hybridized carbons (Fsp3) is 0.409. The lowest BCUT2D eigenvalue weighted by atomic mass is 10.0. The van der Waals surface area contributed by atoms with Crippen molar-refractivity contribution in [2.45, 2.75) is 24.5 Å². The van der Waals surface area contributed by atoms with Crippen LogP contribution in [0, 0.1) is 25.7 Å². The molecule has 3 nitrogen and oxygen atoms in total. The minimum Gasteiger partial charge on any atom is -0.338 e. The molecular formula is C22H26N2OS. The molecule has 0 saturated carbocycles. The number of likely N-dealkylation sites (tertiary alicyclic amines) is 1. The third kappa shape index (κ3) is 3.67. The predicted molar refractivity (Wildman–Crippen MR) is 108 cm³/mol.